The van der Waals surface area contributed by atoms with E-state index in [2.05, 4.69) is 18.7 Å². The Balaban J connectivity index is 0.815. The molecule has 0 radical (unpaired) electrons. The number of carboxylic acids is 1. The number of hydrogen-bond acceptors (Lipinski definition) is 9. The lowest BCUT2D eigenvalue weighted by Crippen LogP contribution is -2.40. The summed E-state index contributed by atoms with van der Waals surface area (Å²) in [7, 11) is 0. The second kappa shape index (κ2) is 21.6. The SMILES string of the molecule is CC(C)(COC1CCC(OOCC2CCC(C3CCCCC3)CC2COO)CC1)COC1CCC(OC(=O)C2CCC(C3CCCCC3)CC2C(=O)O)CC1. The van der Waals surface area contributed by atoms with Gasteiger partial charge in [-0.25, -0.2) is 14.7 Å². The number of carbonyl (C=O) groups is 2. The number of carbonyl (C=O) groups excluding carboxylic acids is 1. The molecular formula is C45H76O10. The summed E-state index contributed by atoms with van der Waals surface area (Å²) in [6.07, 6.45) is 26.0. The first kappa shape index (κ1) is 43.3. The van der Waals surface area contributed by atoms with E-state index in [1.807, 2.05) is 0 Å². The summed E-state index contributed by atoms with van der Waals surface area (Å²) in [6, 6.07) is 0. The lowest BCUT2D eigenvalue weighted by Gasteiger charge is -2.40. The summed E-state index contributed by atoms with van der Waals surface area (Å²) in [6.45, 7) is 6.60. The van der Waals surface area contributed by atoms with Crippen molar-refractivity contribution in [3.8, 4) is 0 Å². The van der Waals surface area contributed by atoms with Crippen LogP contribution in [0.4, 0.5) is 0 Å². The molecule has 0 amide bonds. The van der Waals surface area contributed by atoms with Gasteiger partial charge in [-0.2, -0.15) is 0 Å². The highest BCUT2D eigenvalue weighted by Gasteiger charge is 2.43. The third kappa shape index (κ3) is 13.1. The van der Waals surface area contributed by atoms with Crippen LogP contribution < -0.4 is 0 Å². The molecule has 6 aliphatic carbocycles. The van der Waals surface area contributed by atoms with E-state index in [1.54, 1.807) is 0 Å². The van der Waals surface area contributed by atoms with Gasteiger partial charge in [0.05, 0.1) is 56.6 Å². The normalized spacial score (nSPS) is 36.0. The second-order valence-electron chi connectivity index (χ2n) is 19.7. The molecular weight excluding hydrogens is 700 g/mol. The standard InChI is InChI=1S/C45H76O10/c1-45(2,29-50-37-16-20-39(21-17-37)54-44(48)41-24-15-34(26-42(41)43(46)47)32-11-7-4-8-12-32)30-51-38-18-22-40(23-19-38)55-53-28-35-14-13-33(25-36(35)27-52-49)31-9-5-3-6-10-31/h31-42,49H,3-30H2,1-2H3,(H,46,47). The van der Waals surface area contributed by atoms with Crippen LogP contribution in [0.15, 0.2) is 0 Å². The van der Waals surface area contributed by atoms with Crippen LogP contribution in [-0.4, -0.2) is 73.1 Å². The van der Waals surface area contributed by atoms with Gasteiger partial charge < -0.3 is 19.3 Å². The van der Waals surface area contributed by atoms with E-state index in [1.165, 1.54) is 70.6 Å². The highest BCUT2D eigenvalue weighted by Crippen LogP contribution is 2.45. The van der Waals surface area contributed by atoms with Crippen molar-refractivity contribution >= 4 is 11.9 Å². The molecule has 0 bridgehead atoms. The van der Waals surface area contributed by atoms with E-state index in [-0.39, 0.29) is 35.8 Å². The maximum atomic E-state index is 13.3. The van der Waals surface area contributed by atoms with Crippen LogP contribution >= 0.6 is 0 Å². The Morgan fingerprint density at radius 2 is 1.07 bits per heavy atom. The number of hydrogen-bond donors (Lipinski definition) is 2. The van der Waals surface area contributed by atoms with Crippen molar-refractivity contribution in [2.45, 2.75) is 192 Å². The molecule has 0 heterocycles. The predicted octanol–water partition coefficient (Wildman–Crippen LogP) is 9.96. The zero-order chi connectivity index (χ0) is 38.6. The molecule has 0 saturated heterocycles. The molecule has 0 aromatic heterocycles. The first-order valence-corrected chi connectivity index (χ1v) is 22.9. The van der Waals surface area contributed by atoms with Gasteiger partial charge in [0.15, 0.2) is 0 Å². The first-order valence-electron chi connectivity index (χ1n) is 22.9. The van der Waals surface area contributed by atoms with E-state index < -0.39 is 17.8 Å². The van der Waals surface area contributed by atoms with Gasteiger partial charge >= 0.3 is 11.9 Å². The minimum absolute atomic E-state index is 0.0941. The zero-order valence-corrected chi connectivity index (χ0v) is 34.4. The minimum Gasteiger partial charge on any atom is -0.481 e. The van der Waals surface area contributed by atoms with Crippen LogP contribution in [0.3, 0.4) is 0 Å². The van der Waals surface area contributed by atoms with Crippen molar-refractivity contribution < 1.29 is 48.8 Å². The molecule has 6 saturated carbocycles. The van der Waals surface area contributed by atoms with E-state index in [0.29, 0.717) is 62.9 Å². The number of aliphatic carboxylic acids is 1. The molecule has 10 heteroatoms. The lowest BCUT2D eigenvalue weighted by atomic mass is 9.67. The summed E-state index contributed by atoms with van der Waals surface area (Å²) in [4.78, 5) is 41.9. The van der Waals surface area contributed by atoms with Gasteiger partial charge in [0.25, 0.3) is 0 Å². The summed E-state index contributed by atoms with van der Waals surface area (Å²) < 4.78 is 18.8. The molecule has 6 unspecified atom stereocenters. The predicted molar refractivity (Wildman–Crippen MR) is 209 cm³/mol. The Labute approximate surface area is 331 Å². The van der Waals surface area contributed by atoms with Crippen molar-refractivity contribution in [3.63, 3.8) is 0 Å². The van der Waals surface area contributed by atoms with Crippen LogP contribution in [0, 0.1) is 52.8 Å². The van der Waals surface area contributed by atoms with E-state index >= 15 is 0 Å². The van der Waals surface area contributed by atoms with Crippen molar-refractivity contribution in [3.05, 3.63) is 0 Å². The van der Waals surface area contributed by atoms with Crippen LogP contribution in [0.2, 0.25) is 0 Å². The molecule has 0 aromatic carbocycles. The molecule has 0 aromatic rings. The van der Waals surface area contributed by atoms with Crippen LogP contribution in [0.25, 0.3) is 0 Å². The highest BCUT2D eigenvalue weighted by atomic mass is 17.2. The Morgan fingerprint density at radius 3 is 1.64 bits per heavy atom. The third-order valence-corrected chi connectivity index (χ3v) is 15.0. The van der Waals surface area contributed by atoms with Gasteiger partial charge in [-0.3, -0.25) is 14.8 Å². The fourth-order valence-electron chi connectivity index (χ4n) is 11.5. The fraction of sp³-hybridized carbons (Fsp3) is 0.956. The number of carboxylic acid groups (broad SMARTS) is 1. The second-order valence-corrected chi connectivity index (χ2v) is 19.7. The Bertz CT molecular complexity index is 1130. The summed E-state index contributed by atoms with van der Waals surface area (Å²) >= 11 is 0. The van der Waals surface area contributed by atoms with E-state index in [4.69, 9.17) is 24.0 Å². The van der Waals surface area contributed by atoms with Gasteiger partial charge in [0.1, 0.15) is 6.10 Å². The smallest absolute Gasteiger partial charge is 0.310 e. The Hall–Kier alpha value is -1.30. The molecule has 6 rings (SSSR count). The average Bonchev–Trinajstić information content (AvgIpc) is 3.21. The Kier molecular flexibility index (Phi) is 17.0. The van der Waals surface area contributed by atoms with Crippen molar-refractivity contribution in [1.82, 2.24) is 0 Å². The van der Waals surface area contributed by atoms with Gasteiger partial charge in [-0.15, -0.1) is 0 Å². The minimum atomic E-state index is -0.838. The maximum absolute atomic E-state index is 13.3. The quantitative estimate of drug-likeness (QED) is 0.0837. The first-order chi connectivity index (χ1) is 26.7. The van der Waals surface area contributed by atoms with Crippen molar-refractivity contribution in [2.24, 2.45) is 52.8 Å². The van der Waals surface area contributed by atoms with E-state index in [0.717, 1.165) is 82.5 Å². The van der Waals surface area contributed by atoms with Gasteiger partial charge in [0, 0.05) is 5.41 Å². The molecule has 2 N–H and O–H groups in total. The number of esters is 1. The molecule has 0 aliphatic heterocycles. The molecule has 6 atom stereocenters. The molecule has 316 valence electrons. The van der Waals surface area contributed by atoms with Crippen molar-refractivity contribution in [2.75, 3.05) is 26.4 Å². The molecule has 0 spiro atoms. The summed E-state index contributed by atoms with van der Waals surface area (Å²) in [5, 5.41) is 19.3. The van der Waals surface area contributed by atoms with Crippen LogP contribution in [0.5, 0.6) is 0 Å². The van der Waals surface area contributed by atoms with Crippen molar-refractivity contribution in [1.29, 1.82) is 0 Å². The highest BCUT2D eigenvalue weighted by molar-refractivity contribution is 5.81. The molecule has 55 heavy (non-hydrogen) atoms. The summed E-state index contributed by atoms with van der Waals surface area (Å²) in [5.41, 5.74) is -0.118. The van der Waals surface area contributed by atoms with Gasteiger partial charge in [-0.05, 0) is 125 Å². The summed E-state index contributed by atoms with van der Waals surface area (Å²) in [5.74, 6) is 1.07. The van der Waals surface area contributed by atoms with Crippen LogP contribution in [0.1, 0.15) is 168 Å². The monoisotopic (exact) mass is 777 g/mol. The van der Waals surface area contributed by atoms with Gasteiger partial charge in [-0.1, -0.05) is 78.1 Å². The molecule has 6 fully saturated rings. The average molecular weight is 777 g/mol. The van der Waals surface area contributed by atoms with Gasteiger partial charge in [0.2, 0.25) is 0 Å². The maximum Gasteiger partial charge on any atom is 0.310 e. The Morgan fingerprint density at radius 1 is 0.545 bits per heavy atom. The third-order valence-electron chi connectivity index (χ3n) is 15.0. The van der Waals surface area contributed by atoms with Crippen LogP contribution in [-0.2, 0) is 38.5 Å². The molecule has 6 aliphatic rings. The fourth-order valence-corrected chi connectivity index (χ4v) is 11.5. The zero-order valence-electron chi connectivity index (χ0n) is 34.4. The number of ether oxygens (including phenoxy) is 3. The largest absolute Gasteiger partial charge is 0.481 e. The lowest BCUT2D eigenvalue weighted by molar-refractivity contribution is -0.341. The van der Waals surface area contributed by atoms with E-state index in [9.17, 15) is 20.0 Å². The topological polar surface area (TPSA) is 130 Å². The molecule has 10 nitrogen and oxygen atoms in total. The number of rotatable bonds is 17.